The van der Waals surface area contributed by atoms with E-state index in [0.717, 1.165) is 40.0 Å². The minimum Gasteiger partial charge on any atom is -0.311 e. The fourth-order valence-corrected chi connectivity index (χ4v) is 4.92. The first-order valence-corrected chi connectivity index (χ1v) is 10.8. The van der Waals surface area contributed by atoms with E-state index in [1.165, 1.54) is 22.8 Å². The lowest BCUT2D eigenvalue weighted by Crippen LogP contribution is -2.44. The van der Waals surface area contributed by atoms with Crippen LogP contribution < -0.4 is 16.1 Å². The number of fused-ring (bicyclic) bond motifs is 2. The van der Waals surface area contributed by atoms with Crippen molar-refractivity contribution in [3.05, 3.63) is 92.2 Å². The summed E-state index contributed by atoms with van der Waals surface area (Å²) < 4.78 is 16.8. The van der Waals surface area contributed by atoms with Crippen LogP contribution in [-0.2, 0) is 17.8 Å². The monoisotopic (exact) mass is 435 g/mol. The van der Waals surface area contributed by atoms with Crippen LogP contribution in [0.15, 0.2) is 69.6 Å². The minimum atomic E-state index is -0.736. The first-order valence-electron chi connectivity index (χ1n) is 9.92. The molecule has 2 aromatic heterocycles. The van der Waals surface area contributed by atoms with E-state index in [2.05, 4.69) is 0 Å². The molecule has 0 spiro atoms. The number of anilines is 1. The lowest BCUT2D eigenvalue weighted by molar-refractivity contribution is -0.119. The van der Waals surface area contributed by atoms with Gasteiger partial charge in [-0.15, -0.1) is 11.3 Å². The van der Waals surface area contributed by atoms with Gasteiger partial charge in [0.2, 0.25) is 5.91 Å². The Hall–Kier alpha value is -3.52. The van der Waals surface area contributed by atoms with Crippen molar-refractivity contribution < 1.29 is 9.18 Å². The Balaban J connectivity index is 1.64. The van der Waals surface area contributed by atoms with Crippen LogP contribution in [-0.4, -0.2) is 21.6 Å². The SMILES string of the molecule is O=C(Cn1c(=O)n(-c2ccccc2F)c(=O)c2sccc21)N1CCCc2ccccc21. The molecular weight excluding hydrogens is 417 g/mol. The molecule has 0 radical (unpaired) electrons. The van der Waals surface area contributed by atoms with E-state index >= 15 is 0 Å². The number of hydrogen-bond donors (Lipinski definition) is 0. The van der Waals surface area contributed by atoms with E-state index in [0.29, 0.717) is 16.8 Å². The third-order valence-electron chi connectivity index (χ3n) is 5.55. The van der Waals surface area contributed by atoms with E-state index in [1.807, 2.05) is 24.3 Å². The van der Waals surface area contributed by atoms with Crippen LogP contribution in [0.1, 0.15) is 12.0 Å². The number of aromatic nitrogens is 2. The quantitative estimate of drug-likeness (QED) is 0.496. The van der Waals surface area contributed by atoms with E-state index < -0.39 is 17.1 Å². The van der Waals surface area contributed by atoms with Crippen molar-refractivity contribution in [2.24, 2.45) is 0 Å². The van der Waals surface area contributed by atoms with Gasteiger partial charge in [-0.05, 0) is 48.1 Å². The first-order chi connectivity index (χ1) is 15.1. The Morgan fingerprint density at radius 3 is 2.55 bits per heavy atom. The molecule has 5 rings (SSSR count). The summed E-state index contributed by atoms with van der Waals surface area (Å²) in [5.41, 5.74) is 0.859. The van der Waals surface area contributed by atoms with Crippen molar-refractivity contribution in [2.75, 3.05) is 11.4 Å². The van der Waals surface area contributed by atoms with Crippen LogP contribution in [0.3, 0.4) is 0 Å². The smallest absolute Gasteiger partial charge is 0.311 e. The zero-order valence-electron chi connectivity index (χ0n) is 16.5. The van der Waals surface area contributed by atoms with Crippen LogP contribution >= 0.6 is 11.3 Å². The van der Waals surface area contributed by atoms with Crippen LogP contribution in [0, 0.1) is 5.82 Å². The van der Waals surface area contributed by atoms with Crippen LogP contribution in [0.4, 0.5) is 10.1 Å². The summed E-state index contributed by atoms with van der Waals surface area (Å²) in [4.78, 5) is 41.2. The summed E-state index contributed by atoms with van der Waals surface area (Å²) in [6, 6.07) is 15.0. The van der Waals surface area contributed by atoms with Gasteiger partial charge in [-0.25, -0.2) is 13.8 Å². The molecule has 1 aliphatic heterocycles. The van der Waals surface area contributed by atoms with Crippen molar-refractivity contribution in [1.82, 2.24) is 9.13 Å². The third-order valence-corrected chi connectivity index (χ3v) is 6.44. The average molecular weight is 435 g/mol. The Kier molecular flexibility index (Phi) is 4.78. The molecule has 0 bridgehead atoms. The van der Waals surface area contributed by atoms with E-state index in [4.69, 9.17) is 0 Å². The largest absolute Gasteiger partial charge is 0.336 e. The highest BCUT2D eigenvalue weighted by Crippen LogP contribution is 2.27. The predicted molar refractivity (Wildman–Crippen MR) is 119 cm³/mol. The zero-order chi connectivity index (χ0) is 21.5. The molecule has 0 aliphatic carbocycles. The molecule has 0 N–H and O–H groups in total. The first kappa shape index (κ1) is 19.4. The highest BCUT2D eigenvalue weighted by Gasteiger charge is 2.25. The van der Waals surface area contributed by atoms with Gasteiger partial charge >= 0.3 is 5.69 Å². The number of hydrogen-bond acceptors (Lipinski definition) is 4. The molecule has 31 heavy (non-hydrogen) atoms. The molecular formula is C23H18FN3O3S. The average Bonchev–Trinajstić information content (AvgIpc) is 3.27. The number of amides is 1. The van der Waals surface area contributed by atoms with E-state index in [1.54, 1.807) is 22.4 Å². The number of thiophene rings is 1. The van der Waals surface area contributed by atoms with Gasteiger partial charge in [0, 0.05) is 12.2 Å². The molecule has 2 aromatic carbocycles. The summed E-state index contributed by atoms with van der Waals surface area (Å²) >= 11 is 1.16. The Morgan fingerprint density at radius 2 is 1.74 bits per heavy atom. The number of carbonyl (C=O) groups is 1. The molecule has 6 nitrogen and oxygen atoms in total. The number of halogens is 1. The molecule has 8 heteroatoms. The fourth-order valence-electron chi connectivity index (χ4n) is 4.10. The van der Waals surface area contributed by atoms with Crippen molar-refractivity contribution in [2.45, 2.75) is 19.4 Å². The highest BCUT2D eigenvalue weighted by atomic mass is 32.1. The van der Waals surface area contributed by atoms with E-state index in [9.17, 15) is 18.8 Å². The normalized spacial score (nSPS) is 13.4. The third kappa shape index (κ3) is 3.19. The molecule has 0 unspecified atom stereocenters. The molecule has 0 atom stereocenters. The Labute approximate surface area is 180 Å². The number of rotatable bonds is 3. The second-order valence-corrected chi connectivity index (χ2v) is 8.29. The zero-order valence-corrected chi connectivity index (χ0v) is 17.3. The molecule has 3 heterocycles. The van der Waals surface area contributed by atoms with Crippen LogP contribution in [0.2, 0.25) is 0 Å². The fraction of sp³-hybridized carbons (Fsp3) is 0.174. The molecule has 156 valence electrons. The summed E-state index contributed by atoms with van der Waals surface area (Å²) in [7, 11) is 0. The summed E-state index contributed by atoms with van der Waals surface area (Å²) in [6.45, 7) is 0.319. The summed E-state index contributed by atoms with van der Waals surface area (Å²) in [5.74, 6) is -0.930. The van der Waals surface area contributed by atoms with Gasteiger partial charge in [0.25, 0.3) is 5.56 Å². The molecule has 1 aliphatic rings. The summed E-state index contributed by atoms with van der Waals surface area (Å²) in [6.07, 6.45) is 1.73. The Morgan fingerprint density at radius 1 is 1.00 bits per heavy atom. The predicted octanol–water partition coefficient (Wildman–Crippen LogP) is 3.33. The summed E-state index contributed by atoms with van der Waals surface area (Å²) in [5, 5.41) is 1.69. The standard InChI is InChI=1S/C23H18FN3O3S/c24-16-8-2-4-10-18(16)27-22(29)21-19(11-13-31-21)26(23(27)30)14-20(28)25-12-5-7-15-6-1-3-9-17(15)25/h1-4,6,8-11,13H,5,7,12,14H2. The lowest BCUT2D eigenvalue weighted by atomic mass is 10.0. The van der Waals surface area contributed by atoms with Crippen molar-refractivity contribution in [3.63, 3.8) is 0 Å². The molecule has 0 saturated carbocycles. The maximum atomic E-state index is 14.4. The number of para-hydroxylation sites is 2. The maximum absolute atomic E-state index is 14.4. The Bertz CT molecular complexity index is 1440. The lowest BCUT2D eigenvalue weighted by Gasteiger charge is -2.29. The van der Waals surface area contributed by atoms with Crippen LogP contribution in [0.5, 0.6) is 0 Å². The topological polar surface area (TPSA) is 64.3 Å². The van der Waals surface area contributed by atoms with Gasteiger partial charge in [-0.1, -0.05) is 30.3 Å². The second kappa shape index (κ2) is 7.63. The van der Waals surface area contributed by atoms with Gasteiger partial charge in [-0.3, -0.25) is 14.2 Å². The van der Waals surface area contributed by atoms with Gasteiger partial charge in [0.05, 0.1) is 11.2 Å². The van der Waals surface area contributed by atoms with Crippen molar-refractivity contribution in [1.29, 1.82) is 0 Å². The number of aryl methyl sites for hydroxylation is 1. The van der Waals surface area contributed by atoms with Gasteiger partial charge in [0.15, 0.2) is 0 Å². The molecule has 4 aromatic rings. The number of benzene rings is 2. The maximum Gasteiger partial charge on any atom is 0.336 e. The molecule has 0 fully saturated rings. The van der Waals surface area contributed by atoms with Crippen LogP contribution in [0.25, 0.3) is 15.9 Å². The number of carbonyl (C=O) groups excluding carboxylic acids is 1. The number of nitrogens with zero attached hydrogens (tertiary/aromatic N) is 3. The van der Waals surface area contributed by atoms with Crippen molar-refractivity contribution in [3.8, 4) is 5.69 Å². The molecule has 1 amide bonds. The van der Waals surface area contributed by atoms with Gasteiger partial charge in [-0.2, -0.15) is 0 Å². The second-order valence-electron chi connectivity index (χ2n) is 7.37. The van der Waals surface area contributed by atoms with Gasteiger partial charge in [0.1, 0.15) is 17.1 Å². The highest BCUT2D eigenvalue weighted by molar-refractivity contribution is 7.17. The van der Waals surface area contributed by atoms with Crippen molar-refractivity contribution >= 4 is 33.1 Å². The van der Waals surface area contributed by atoms with E-state index in [-0.39, 0.29) is 18.1 Å². The minimum absolute atomic E-state index is 0.127. The van der Waals surface area contributed by atoms with Gasteiger partial charge < -0.3 is 4.90 Å². The molecule has 0 saturated heterocycles.